The Morgan fingerprint density at radius 2 is 1.78 bits per heavy atom. The van der Waals surface area contributed by atoms with Crippen molar-refractivity contribution in [2.24, 2.45) is 0 Å². The van der Waals surface area contributed by atoms with E-state index in [1.807, 2.05) is 18.2 Å². The van der Waals surface area contributed by atoms with E-state index in [0.717, 1.165) is 30.8 Å². The normalized spacial score (nSPS) is 16.2. The van der Waals surface area contributed by atoms with Gasteiger partial charge >= 0.3 is 0 Å². The second kappa shape index (κ2) is 8.76. The van der Waals surface area contributed by atoms with Gasteiger partial charge in [0.1, 0.15) is 0 Å². The number of benzene rings is 2. The lowest BCUT2D eigenvalue weighted by atomic mass is 10.1. The zero-order valence-corrected chi connectivity index (χ0v) is 16.6. The summed E-state index contributed by atoms with van der Waals surface area (Å²) in [6, 6.07) is 15.0. The first kappa shape index (κ1) is 19.7. The molecule has 0 fully saturated rings. The topological polar surface area (TPSA) is 69.6 Å². The molecule has 0 spiro atoms. The second-order valence-electron chi connectivity index (χ2n) is 7.13. The van der Waals surface area contributed by atoms with Crippen LogP contribution in [0.5, 0.6) is 0 Å². The molecule has 0 saturated heterocycles. The van der Waals surface area contributed by atoms with Crippen molar-refractivity contribution in [1.29, 1.82) is 0 Å². The summed E-state index contributed by atoms with van der Waals surface area (Å²) in [7, 11) is -4.20. The fraction of sp³-hybridized carbons (Fsp3) is 0.429. The largest absolute Gasteiger partial charge is 0.363 e. The number of rotatable bonds is 9. The van der Waals surface area contributed by atoms with Crippen LogP contribution in [0.2, 0.25) is 0 Å². The number of fused-ring (bicyclic) bond motifs is 1. The molecule has 146 valence electrons. The SMILES string of the molecule is CCCCCCCC1Nc2cc(S(=O)(=O)O)ccc2N1Cc1ccccc1. The number of nitrogens with zero attached hydrogens (tertiary/aromatic N) is 1. The molecule has 1 unspecified atom stereocenters. The van der Waals surface area contributed by atoms with E-state index < -0.39 is 10.1 Å². The highest BCUT2D eigenvalue weighted by Crippen LogP contribution is 2.38. The van der Waals surface area contributed by atoms with Crippen LogP contribution < -0.4 is 10.2 Å². The van der Waals surface area contributed by atoms with E-state index in [4.69, 9.17) is 0 Å². The summed E-state index contributed by atoms with van der Waals surface area (Å²) in [5, 5.41) is 3.46. The van der Waals surface area contributed by atoms with Gasteiger partial charge in [-0.05, 0) is 36.6 Å². The van der Waals surface area contributed by atoms with Crippen LogP contribution in [0.25, 0.3) is 0 Å². The Bertz CT molecular complexity index is 853. The molecule has 1 aliphatic rings. The van der Waals surface area contributed by atoms with Gasteiger partial charge in [-0.3, -0.25) is 4.55 Å². The molecule has 2 aromatic carbocycles. The lowest BCUT2D eigenvalue weighted by Crippen LogP contribution is -2.35. The summed E-state index contributed by atoms with van der Waals surface area (Å²) in [5.74, 6) is 0. The van der Waals surface area contributed by atoms with Crippen molar-refractivity contribution in [1.82, 2.24) is 0 Å². The summed E-state index contributed by atoms with van der Waals surface area (Å²) in [6.07, 6.45) is 7.20. The van der Waals surface area contributed by atoms with Gasteiger partial charge in [0.2, 0.25) is 0 Å². The minimum Gasteiger partial charge on any atom is -0.363 e. The smallest absolute Gasteiger partial charge is 0.294 e. The molecule has 0 amide bonds. The van der Waals surface area contributed by atoms with Gasteiger partial charge in [-0.1, -0.05) is 62.9 Å². The summed E-state index contributed by atoms with van der Waals surface area (Å²) >= 11 is 0. The minimum absolute atomic E-state index is 0.0722. The first-order valence-electron chi connectivity index (χ1n) is 9.67. The molecule has 0 aliphatic carbocycles. The molecule has 5 nitrogen and oxygen atoms in total. The van der Waals surface area contributed by atoms with Crippen LogP contribution >= 0.6 is 0 Å². The van der Waals surface area contributed by atoms with Crippen LogP contribution in [0.3, 0.4) is 0 Å². The quantitative estimate of drug-likeness (QED) is 0.464. The maximum absolute atomic E-state index is 11.5. The van der Waals surface area contributed by atoms with E-state index in [-0.39, 0.29) is 11.1 Å². The van der Waals surface area contributed by atoms with Gasteiger partial charge in [-0.2, -0.15) is 8.42 Å². The Morgan fingerprint density at radius 3 is 2.48 bits per heavy atom. The van der Waals surface area contributed by atoms with Gasteiger partial charge in [-0.15, -0.1) is 0 Å². The Kier molecular flexibility index (Phi) is 6.39. The van der Waals surface area contributed by atoms with Gasteiger partial charge in [-0.25, -0.2) is 0 Å². The maximum Gasteiger partial charge on any atom is 0.294 e. The van der Waals surface area contributed by atoms with Crippen molar-refractivity contribution in [3.63, 3.8) is 0 Å². The predicted molar refractivity (Wildman–Crippen MR) is 110 cm³/mol. The first-order valence-corrected chi connectivity index (χ1v) is 11.1. The molecule has 0 bridgehead atoms. The Labute approximate surface area is 162 Å². The highest BCUT2D eigenvalue weighted by atomic mass is 32.2. The molecule has 0 saturated carbocycles. The van der Waals surface area contributed by atoms with Gasteiger partial charge in [0.25, 0.3) is 10.1 Å². The molecular weight excluding hydrogens is 360 g/mol. The third kappa shape index (κ3) is 5.02. The van der Waals surface area contributed by atoms with Crippen molar-refractivity contribution in [3.8, 4) is 0 Å². The fourth-order valence-electron chi connectivity index (χ4n) is 3.61. The van der Waals surface area contributed by atoms with E-state index in [0.29, 0.717) is 0 Å². The zero-order valence-electron chi connectivity index (χ0n) is 15.8. The first-order chi connectivity index (χ1) is 13.0. The van der Waals surface area contributed by atoms with Crippen molar-refractivity contribution in [2.45, 2.75) is 63.1 Å². The molecule has 0 aromatic heterocycles. The van der Waals surface area contributed by atoms with Crippen LogP contribution in [0.15, 0.2) is 53.4 Å². The third-order valence-corrected chi connectivity index (χ3v) is 5.90. The average Bonchev–Trinajstić information content (AvgIpc) is 2.98. The maximum atomic E-state index is 11.5. The Morgan fingerprint density at radius 1 is 1.04 bits per heavy atom. The molecule has 6 heteroatoms. The van der Waals surface area contributed by atoms with Crippen LogP contribution in [0, 0.1) is 0 Å². The van der Waals surface area contributed by atoms with E-state index in [1.165, 1.54) is 43.4 Å². The molecule has 1 heterocycles. The van der Waals surface area contributed by atoms with Crippen LogP contribution in [0.4, 0.5) is 11.4 Å². The molecule has 1 atom stereocenters. The predicted octanol–water partition coefficient (Wildman–Crippen LogP) is 5.05. The molecule has 27 heavy (non-hydrogen) atoms. The van der Waals surface area contributed by atoms with E-state index in [1.54, 1.807) is 6.07 Å². The van der Waals surface area contributed by atoms with E-state index >= 15 is 0 Å². The van der Waals surface area contributed by atoms with Crippen LogP contribution in [-0.2, 0) is 16.7 Å². The lowest BCUT2D eigenvalue weighted by molar-refractivity contribution is 0.483. The van der Waals surface area contributed by atoms with Gasteiger partial charge in [0, 0.05) is 6.54 Å². The summed E-state index contributed by atoms with van der Waals surface area (Å²) in [6.45, 7) is 2.97. The lowest BCUT2D eigenvalue weighted by Gasteiger charge is -2.27. The number of hydrogen-bond donors (Lipinski definition) is 2. The van der Waals surface area contributed by atoms with Crippen LogP contribution in [-0.4, -0.2) is 19.1 Å². The van der Waals surface area contributed by atoms with Crippen molar-refractivity contribution < 1.29 is 13.0 Å². The second-order valence-corrected chi connectivity index (χ2v) is 8.55. The monoisotopic (exact) mass is 388 g/mol. The highest BCUT2D eigenvalue weighted by molar-refractivity contribution is 7.85. The van der Waals surface area contributed by atoms with Crippen molar-refractivity contribution >= 4 is 21.5 Å². The molecule has 0 radical (unpaired) electrons. The number of unbranched alkanes of at least 4 members (excludes halogenated alkanes) is 4. The number of nitrogens with one attached hydrogen (secondary N) is 1. The molecule has 2 aromatic rings. The minimum atomic E-state index is -4.20. The standard InChI is InChI=1S/C21H28N2O3S/c1-2-3-4-5-9-12-21-22-19-15-18(27(24,25)26)13-14-20(19)23(21)16-17-10-7-6-8-11-17/h6-8,10-11,13-15,21-22H,2-5,9,12,16H2,1H3,(H,24,25,26). The molecule has 1 aliphatic heterocycles. The summed E-state index contributed by atoms with van der Waals surface area (Å²) in [4.78, 5) is 2.22. The van der Waals surface area contributed by atoms with Crippen LogP contribution in [0.1, 0.15) is 51.0 Å². The third-order valence-electron chi connectivity index (χ3n) is 5.05. The molecule has 3 rings (SSSR count). The van der Waals surface area contributed by atoms with Gasteiger partial charge in [0.15, 0.2) is 0 Å². The zero-order chi connectivity index (χ0) is 19.3. The van der Waals surface area contributed by atoms with Gasteiger partial charge < -0.3 is 10.2 Å². The van der Waals surface area contributed by atoms with Crippen molar-refractivity contribution in [3.05, 3.63) is 54.1 Å². The average molecular weight is 389 g/mol. The van der Waals surface area contributed by atoms with Gasteiger partial charge in [0.05, 0.1) is 22.4 Å². The highest BCUT2D eigenvalue weighted by Gasteiger charge is 2.29. The number of hydrogen-bond acceptors (Lipinski definition) is 4. The number of anilines is 2. The fourth-order valence-corrected chi connectivity index (χ4v) is 4.12. The van der Waals surface area contributed by atoms with E-state index in [9.17, 15) is 13.0 Å². The Balaban J connectivity index is 1.79. The van der Waals surface area contributed by atoms with E-state index in [2.05, 4.69) is 29.3 Å². The summed E-state index contributed by atoms with van der Waals surface area (Å²) in [5.41, 5.74) is 2.95. The van der Waals surface area contributed by atoms with Crippen molar-refractivity contribution in [2.75, 3.05) is 10.2 Å². The summed E-state index contributed by atoms with van der Waals surface area (Å²) < 4.78 is 32.3. The molecular formula is C21H28N2O3S. The Hall–Kier alpha value is -2.05. The molecule has 2 N–H and O–H groups in total.